The van der Waals surface area contributed by atoms with Crippen molar-refractivity contribution in [3.05, 3.63) is 29.8 Å². The van der Waals surface area contributed by atoms with Crippen LogP contribution in [-0.4, -0.2) is 37.5 Å². The van der Waals surface area contributed by atoms with E-state index in [-0.39, 0.29) is 5.91 Å². The predicted octanol–water partition coefficient (Wildman–Crippen LogP) is 1.86. The van der Waals surface area contributed by atoms with Crippen molar-refractivity contribution in [2.24, 2.45) is 0 Å². The van der Waals surface area contributed by atoms with Crippen molar-refractivity contribution in [3.63, 3.8) is 0 Å². The molecule has 1 aromatic carbocycles. The second-order valence-electron chi connectivity index (χ2n) is 4.08. The van der Waals surface area contributed by atoms with Crippen LogP contribution in [0.1, 0.15) is 19.4 Å². The molecule has 0 spiro atoms. The number of hydrogen-bond donors (Lipinski definition) is 0. The van der Waals surface area contributed by atoms with E-state index in [1.807, 2.05) is 37.9 Å². The summed E-state index contributed by atoms with van der Waals surface area (Å²) in [7, 11) is 1.88. The zero-order valence-electron chi connectivity index (χ0n) is 11.2. The van der Waals surface area contributed by atoms with E-state index < -0.39 is 0 Å². The van der Waals surface area contributed by atoms with Crippen molar-refractivity contribution in [1.82, 2.24) is 4.90 Å². The van der Waals surface area contributed by atoms with Gasteiger partial charge in [0.25, 0.3) is 0 Å². The van der Waals surface area contributed by atoms with Gasteiger partial charge in [-0.25, -0.2) is 0 Å². The summed E-state index contributed by atoms with van der Waals surface area (Å²) >= 11 is 0. The molecule has 4 heteroatoms. The lowest BCUT2D eigenvalue weighted by Gasteiger charge is -2.24. The highest BCUT2D eigenvalue weighted by Crippen LogP contribution is 2.13. The van der Waals surface area contributed by atoms with Crippen LogP contribution in [0.15, 0.2) is 24.3 Å². The molecule has 0 saturated carbocycles. The Morgan fingerprint density at radius 3 is 2.22 bits per heavy atom. The van der Waals surface area contributed by atoms with Gasteiger partial charge in [0.1, 0.15) is 0 Å². The monoisotopic (exact) mass is 245 g/mol. The van der Waals surface area contributed by atoms with Crippen molar-refractivity contribution in [2.75, 3.05) is 31.6 Å². The minimum atomic E-state index is 0.117. The second-order valence-corrected chi connectivity index (χ2v) is 4.08. The molecule has 0 aliphatic carbocycles. The Labute approximate surface area is 108 Å². The zero-order valence-corrected chi connectivity index (χ0v) is 11.2. The highest BCUT2D eigenvalue weighted by atomic mass is 16.2. The lowest BCUT2D eigenvalue weighted by atomic mass is 10.2. The van der Waals surface area contributed by atoms with Crippen LogP contribution in [0, 0.1) is 11.3 Å². The molecule has 18 heavy (non-hydrogen) atoms. The Balaban J connectivity index is 2.67. The molecule has 0 fully saturated rings. The smallest absolute Gasteiger partial charge is 0.242 e. The third-order valence-electron chi connectivity index (χ3n) is 2.93. The van der Waals surface area contributed by atoms with Crippen LogP contribution in [0.5, 0.6) is 0 Å². The molecule has 1 rings (SSSR count). The van der Waals surface area contributed by atoms with E-state index in [2.05, 4.69) is 6.07 Å². The van der Waals surface area contributed by atoms with Crippen molar-refractivity contribution >= 4 is 11.6 Å². The zero-order chi connectivity index (χ0) is 13.5. The lowest BCUT2D eigenvalue weighted by Crippen LogP contribution is -2.38. The van der Waals surface area contributed by atoms with Gasteiger partial charge in [0.2, 0.25) is 5.91 Å². The van der Waals surface area contributed by atoms with E-state index in [4.69, 9.17) is 5.26 Å². The molecule has 0 saturated heterocycles. The van der Waals surface area contributed by atoms with E-state index in [0.717, 1.165) is 18.8 Å². The summed E-state index contributed by atoms with van der Waals surface area (Å²) < 4.78 is 0. The molecule has 1 amide bonds. The summed E-state index contributed by atoms with van der Waals surface area (Å²) in [5.74, 6) is 0.117. The molecule has 0 aliphatic heterocycles. The highest BCUT2D eigenvalue weighted by molar-refractivity contribution is 5.81. The first-order valence-electron chi connectivity index (χ1n) is 6.11. The van der Waals surface area contributed by atoms with Crippen molar-refractivity contribution < 1.29 is 4.79 Å². The molecule has 0 bridgehead atoms. The largest absolute Gasteiger partial charge is 0.365 e. The van der Waals surface area contributed by atoms with Gasteiger partial charge in [-0.3, -0.25) is 4.79 Å². The summed E-state index contributed by atoms with van der Waals surface area (Å²) in [6.45, 7) is 5.77. The van der Waals surface area contributed by atoms with Crippen LogP contribution in [-0.2, 0) is 4.79 Å². The quantitative estimate of drug-likeness (QED) is 0.795. The minimum absolute atomic E-state index is 0.117. The molecule has 0 aromatic heterocycles. The fourth-order valence-electron chi connectivity index (χ4n) is 1.76. The average Bonchev–Trinajstić information content (AvgIpc) is 2.40. The molecule has 1 aromatic rings. The lowest BCUT2D eigenvalue weighted by molar-refractivity contribution is -0.129. The van der Waals surface area contributed by atoms with Gasteiger partial charge in [-0.1, -0.05) is 0 Å². The first-order valence-corrected chi connectivity index (χ1v) is 6.11. The predicted molar refractivity (Wildman–Crippen MR) is 72.4 cm³/mol. The summed E-state index contributed by atoms with van der Waals surface area (Å²) in [6, 6.07) is 9.30. The number of carbonyl (C=O) groups excluding carboxylic acids is 1. The number of nitrogens with zero attached hydrogens (tertiary/aromatic N) is 3. The molecular weight excluding hydrogens is 226 g/mol. The molecule has 0 radical (unpaired) electrons. The Kier molecular flexibility index (Phi) is 5.19. The molecule has 0 unspecified atom stereocenters. The maximum absolute atomic E-state index is 11.9. The van der Waals surface area contributed by atoms with Crippen LogP contribution in [0.4, 0.5) is 5.69 Å². The molecule has 0 atom stereocenters. The van der Waals surface area contributed by atoms with E-state index in [9.17, 15) is 4.79 Å². The van der Waals surface area contributed by atoms with Crippen molar-refractivity contribution in [2.45, 2.75) is 13.8 Å². The fourth-order valence-corrected chi connectivity index (χ4v) is 1.76. The summed E-state index contributed by atoms with van der Waals surface area (Å²) in [5, 5.41) is 8.72. The van der Waals surface area contributed by atoms with Crippen LogP contribution in [0.2, 0.25) is 0 Å². The number of benzene rings is 1. The number of anilines is 1. The summed E-state index contributed by atoms with van der Waals surface area (Å²) in [6.07, 6.45) is 0. The van der Waals surface area contributed by atoms with Gasteiger partial charge in [0.15, 0.2) is 0 Å². The van der Waals surface area contributed by atoms with E-state index in [1.165, 1.54) is 0 Å². The van der Waals surface area contributed by atoms with Crippen LogP contribution >= 0.6 is 0 Å². The first-order chi connectivity index (χ1) is 8.62. The van der Waals surface area contributed by atoms with Gasteiger partial charge in [0.05, 0.1) is 18.2 Å². The summed E-state index contributed by atoms with van der Waals surface area (Å²) in [5.41, 5.74) is 1.57. The topological polar surface area (TPSA) is 47.3 Å². The molecule has 0 N–H and O–H groups in total. The van der Waals surface area contributed by atoms with Gasteiger partial charge in [-0.05, 0) is 38.1 Å². The Morgan fingerprint density at radius 1 is 1.22 bits per heavy atom. The normalized spacial score (nSPS) is 9.67. The molecule has 4 nitrogen and oxygen atoms in total. The number of rotatable bonds is 5. The van der Waals surface area contributed by atoms with E-state index >= 15 is 0 Å². The van der Waals surface area contributed by atoms with Crippen molar-refractivity contribution in [1.29, 1.82) is 5.26 Å². The first kappa shape index (κ1) is 14.0. The summed E-state index contributed by atoms with van der Waals surface area (Å²) in [4.78, 5) is 15.6. The third kappa shape index (κ3) is 3.49. The highest BCUT2D eigenvalue weighted by Gasteiger charge is 2.12. The third-order valence-corrected chi connectivity index (χ3v) is 2.93. The number of carbonyl (C=O) groups is 1. The fraction of sp³-hybridized carbons (Fsp3) is 0.429. The minimum Gasteiger partial charge on any atom is -0.365 e. The van der Waals surface area contributed by atoms with Gasteiger partial charge in [-0.2, -0.15) is 5.26 Å². The average molecular weight is 245 g/mol. The standard InChI is InChI=1S/C14H19N3O/c1-4-17(5-2)14(18)11-16(3)13-8-6-12(10-15)7-9-13/h6-9H,4-5,11H2,1-3H3. The molecule has 96 valence electrons. The van der Waals surface area contributed by atoms with E-state index in [0.29, 0.717) is 12.1 Å². The maximum Gasteiger partial charge on any atom is 0.242 e. The van der Waals surface area contributed by atoms with Gasteiger partial charge in [0, 0.05) is 25.8 Å². The van der Waals surface area contributed by atoms with Crippen molar-refractivity contribution in [3.8, 4) is 6.07 Å². The van der Waals surface area contributed by atoms with Crippen LogP contribution in [0.25, 0.3) is 0 Å². The van der Waals surface area contributed by atoms with Gasteiger partial charge in [-0.15, -0.1) is 0 Å². The maximum atomic E-state index is 11.9. The number of nitriles is 1. The Bertz CT molecular complexity index is 429. The number of amides is 1. The number of likely N-dealkylation sites (N-methyl/N-ethyl adjacent to an activating group) is 2. The van der Waals surface area contributed by atoms with E-state index in [1.54, 1.807) is 17.0 Å². The number of hydrogen-bond acceptors (Lipinski definition) is 3. The Hall–Kier alpha value is -2.02. The van der Waals surface area contributed by atoms with Crippen LogP contribution < -0.4 is 4.90 Å². The van der Waals surface area contributed by atoms with Crippen LogP contribution in [0.3, 0.4) is 0 Å². The van der Waals surface area contributed by atoms with Gasteiger partial charge < -0.3 is 9.80 Å². The SMILES string of the molecule is CCN(CC)C(=O)CN(C)c1ccc(C#N)cc1. The molecule has 0 heterocycles. The second kappa shape index (κ2) is 6.65. The molecular formula is C14H19N3O. The van der Waals surface area contributed by atoms with Gasteiger partial charge >= 0.3 is 0 Å². The Morgan fingerprint density at radius 2 is 1.78 bits per heavy atom. The molecule has 0 aliphatic rings.